The molecule has 0 radical (unpaired) electrons. The van der Waals surface area contributed by atoms with E-state index >= 15 is 0 Å². The van der Waals surface area contributed by atoms with Crippen molar-refractivity contribution in [3.63, 3.8) is 0 Å². The summed E-state index contributed by atoms with van der Waals surface area (Å²) in [5.41, 5.74) is 2.78. The van der Waals surface area contributed by atoms with Gasteiger partial charge in [-0.2, -0.15) is 0 Å². The highest BCUT2D eigenvalue weighted by Gasteiger charge is 2.06. The Balaban J connectivity index is 2.61. The number of hydrogen-bond donors (Lipinski definition) is 0. The van der Waals surface area contributed by atoms with E-state index < -0.39 is 0 Å². The van der Waals surface area contributed by atoms with Crippen LogP contribution in [0.3, 0.4) is 0 Å². The van der Waals surface area contributed by atoms with Crippen LogP contribution in [0.4, 0.5) is 0 Å². The van der Waals surface area contributed by atoms with Gasteiger partial charge >= 0.3 is 0 Å². The van der Waals surface area contributed by atoms with Gasteiger partial charge in [-0.25, -0.2) is 0 Å². The van der Waals surface area contributed by atoms with Gasteiger partial charge in [0.05, 0.1) is 0 Å². The summed E-state index contributed by atoms with van der Waals surface area (Å²) in [4.78, 5) is 10.9. The largest absolute Gasteiger partial charge is 0.298 e. The van der Waals surface area contributed by atoms with Gasteiger partial charge in [0.2, 0.25) is 0 Å². The fourth-order valence-corrected chi connectivity index (χ4v) is 1.48. The van der Waals surface area contributed by atoms with Gasteiger partial charge in [0.25, 0.3) is 0 Å². The first-order chi connectivity index (χ1) is 6.92. The predicted molar refractivity (Wildman–Crippen MR) is 57.7 cm³/mol. The Hall–Kier alpha value is -1.89. The Bertz CT molecular complexity index is 426. The lowest BCUT2D eigenvalue weighted by Gasteiger charge is -2.02. The number of fused-ring (bicyclic) bond motifs is 1. The van der Waals surface area contributed by atoms with Crippen LogP contribution in [0.15, 0.2) is 71.4 Å². The maximum Gasteiger partial charge on any atom is 0.150 e. The summed E-state index contributed by atoms with van der Waals surface area (Å²) in [6, 6.07) is 0. The van der Waals surface area contributed by atoms with Crippen LogP contribution >= 0.6 is 0 Å². The molecule has 0 aromatic carbocycles. The molecule has 0 aromatic rings. The number of allylic oxidation sites excluding steroid dienone is 12. The molecule has 0 heterocycles. The molecule has 0 saturated heterocycles. The smallest absolute Gasteiger partial charge is 0.150 e. The quantitative estimate of drug-likeness (QED) is 0.570. The number of carbonyl (C=O) groups is 1. The van der Waals surface area contributed by atoms with Gasteiger partial charge < -0.3 is 0 Å². The van der Waals surface area contributed by atoms with E-state index in [1.807, 2.05) is 54.7 Å². The molecule has 14 heavy (non-hydrogen) atoms. The standard InChI is InChI=1S/C13H10O/c14-10-12-8-5-4-7-11-6-2-1-3-9-13(11)12/h1-10H. The Morgan fingerprint density at radius 1 is 0.857 bits per heavy atom. The van der Waals surface area contributed by atoms with Crippen LogP contribution in [-0.4, -0.2) is 6.29 Å². The van der Waals surface area contributed by atoms with E-state index in [0.29, 0.717) is 0 Å². The molecule has 1 nitrogen and oxygen atoms in total. The Kier molecular flexibility index (Phi) is 2.41. The fraction of sp³-hybridized carbons (Fsp3) is 0. The Morgan fingerprint density at radius 3 is 2.50 bits per heavy atom. The van der Waals surface area contributed by atoms with Gasteiger partial charge in [0.1, 0.15) is 0 Å². The lowest BCUT2D eigenvalue weighted by molar-refractivity contribution is -0.104. The van der Waals surface area contributed by atoms with Crippen molar-refractivity contribution >= 4 is 6.29 Å². The first-order valence-corrected chi connectivity index (χ1v) is 4.51. The molecular formula is C13H10O. The first-order valence-electron chi connectivity index (χ1n) is 4.51. The lowest BCUT2D eigenvalue weighted by atomic mass is 10.0. The van der Waals surface area contributed by atoms with Gasteiger partial charge in [-0.3, -0.25) is 4.79 Å². The Labute approximate surface area is 83.1 Å². The summed E-state index contributed by atoms with van der Waals surface area (Å²) >= 11 is 0. The summed E-state index contributed by atoms with van der Waals surface area (Å²) in [7, 11) is 0. The normalized spacial score (nSPS) is 18.7. The van der Waals surface area contributed by atoms with E-state index in [-0.39, 0.29) is 0 Å². The molecule has 0 amide bonds. The van der Waals surface area contributed by atoms with Crippen LogP contribution in [0.2, 0.25) is 0 Å². The maximum absolute atomic E-state index is 10.9. The van der Waals surface area contributed by atoms with E-state index in [0.717, 1.165) is 23.0 Å². The van der Waals surface area contributed by atoms with Gasteiger partial charge in [-0.05, 0) is 11.1 Å². The Morgan fingerprint density at radius 2 is 1.64 bits per heavy atom. The monoisotopic (exact) mass is 182 g/mol. The summed E-state index contributed by atoms with van der Waals surface area (Å²) < 4.78 is 0. The minimum absolute atomic E-state index is 0.723. The van der Waals surface area contributed by atoms with Crippen LogP contribution in [0.1, 0.15) is 0 Å². The average Bonchev–Trinajstić information content (AvgIpc) is 2.51. The molecule has 0 fully saturated rings. The third-order valence-corrected chi connectivity index (χ3v) is 2.17. The average molecular weight is 182 g/mol. The third kappa shape index (κ3) is 1.57. The molecule has 68 valence electrons. The van der Waals surface area contributed by atoms with Gasteiger partial charge in [-0.1, -0.05) is 54.7 Å². The summed E-state index contributed by atoms with van der Waals surface area (Å²) in [6.45, 7) is 0. The van der Waals surface area contributed by atoms with Crippen molar-refractivity contribution in [2.75, 3.05) is 0 Å². The predicted octanol–water partition coefficient (Wildman–Crippen LogP) is 2.66. The van der Waals surface area contributed by atoms with E-state index in [1.54, 1.807) is 0 Å². The highest BCUT2D eigenvalue weighted by Crippen LogP contribution is 2.22. The lowest BCUT2D eigenvalue weighted by Crippen LogP contribution is -1.89. The van der Waals surface area contributed by atoms with Crippen LogP contribution in [0.25, 0.3) is 0 Å². The van der Waals surface area contributed by atoms with Crippen molar-refractivity contribution in [1.29, 1.82) is 0 Å². The summed E-state index contributed by atoms with van der Waals surface area (Å²) in [6.07, 6.45) is 18.4. The van der Waals surface area contributed by atoms with Crippen molar-refractivity contribution in [3.8, 4) is 0 Å². The molecule has 0 spiro atoms. The minimum Gasteiger partial charge on any atom is -0.298 e. The van der Waals surface area contributed by atoms with Gasteiger partial charge in [-0.15, -0.1) is 0 Å². The topological polar surface area (TPSA) is 17.1 Å². The van der Waals surface area contributed by atoms with E-state index in [1.165, 1.54) is 0 Å². The molecule has 2 aliphatic rings. The van der Waals surface area contributed by atoms with Crippen molar-refractivity contribution < 1.29 is 4.79 Å². The number of aldehydes is 1. The molecule has 2 aliphatic carbocycles. The molecule has 0 bridgehead atoms. The fourth-order valence-electron chi connectivity index (χ4n) is 1.48. The van der Waals surface area contributed by atoms with Crippen LogP contribution in [0, 0.1) is 0 Å². The molecule has 0 saturated carbocycles. The van der Waals surface area contributed by atoms with Crippen molar-refractivity contribution in [3.05, 3.63) is 71.4 Å². The van der Waals surface area contributed by atoms with Crippen molar-refractivity contribution in [1.82, 2.24) is 0 Å². The van der Waals surface area contributed by atoms with E-state index in [9.17, 15) is 4.79 Å². The van der Waals surface area contributed by atoms with Crippen LogP contribution < -0.4 is 0 Å². The number of rotatable bonds is 1. The first kappa shape index (κ1) is 8.70. The summed E-state index contributed by atoms with van der Waals surface area (Å²) in [5, 5.41) is 0. The molecule has 0 N–H and O–H groups in total. The highest BCUT2D eigenvalue weighted by molar-refractivity contribution is 5.83. The zero-order chi connectivity index (χ0) is 9.80. The molecule has 2 rings (SSSR count). The second-order valence-corrected chi connectivity index (χ2v) is 3.07. The van der Waals surface area contributed by atoms with E-state index in [2.05, 4.69) is 0 Å². The molecular weight excluding hydrogens is 172 g/mol. The molecule has 1 heteroatoms. The van der Waals surface area contributed by atoms with Crippen LogP contribution in [0.5, 0.6) is 0 Å². The second-order valence-electron chi connectivity index (χ2n) is 3.07. The highest BCUT2D eigenvalue weighted by atomic mass is 16.1. The maximum atomic E-state index is 10.9. The zero-order valence-corrected chi connectivity index (χ0v) is 7.68. The summed E-state index contributed by atoms with van der Waals surface area (Å²) in [5.74, 6) is 0. The molecule has 0 unspecified atom stereocenters. The van der Waals surface area contributed by atoms with Gasteiger partial charge in [0.15, 0.2) is 6.29 Å². The van der Waals surface area contributed by atoms with Crippen molar-refractivity contribution in [2.24, 2.45) is 0 Å². The number of hydrogen-bond acceptors (Lipinski definition) is 1. The number of carbonyl (C=O) groups excluding carboxylic acids is 1. The second kappa shape index (κ2) is 3.88. The zero-order valence-electron chi connectivity index (χ0n) is 7.68. The molecule has 0 aromatic heterocycles. The molecule has 0 aliphatic heterocycles. The van der Waals surface area contributed by atoms with Crippen LogP contribution in [-0.2, 0) is 4.79 Å². The minimum atomic E-state index is 0.723. The molecule has 0 atom stereocenters. The van der Waals surface area contributed by atoms with Gasteiger partial charge in [0, 0.05) is 5.57 Å². The van der Waals surface area contributed by atoms with E-state index in [4.69, 9.17) is 0 Å². The van der Waals surface area contributed by atoms with Crippen molar-refractivity contribution in [2.45, 2.75) is 0 Å². The SMILES string of the molecule is O=CC1=C2C=CC=CC=C2C=CC=C1. The third-order valence-electron chi connectivity index (χ3n) is 2.17.